The summed E-state index contributed by atoms with van der Waals surface area (Å²) in [5.41, 5.74) is 1.17. The second-order valence-corrected chi connectivity index (χ2v) is 5.66. The number of amides is 1. The molecule has 0 aromatic carbocycles. The second-order valence-electron chi connectivity index (χ2n) is 5.66. The van der Waals surface area contributed by atoms with Crippen molar-refractivity contribution in [2.24, 2.45) is 0 Å². The monoisotopic (exact) mass is 351 g/mol. The van der Waals surface area contributed by atoms with Crippen LogP contribution in [0.15, 0.2) is 35.1 Å². The molecule has 0 saturated carbocycles. The van der Waals surface area contributed by atoms with Gasteiger partial charge in [-0.3, -0.25) is 14.7 Å². The van der Waals surface area contributed by atoms with Crippen molar-refractivity contribution in [2.45, 2.75) is 19.4 Å². The van der Waals surface area contributed by atoms with E-state index in [1.54, 1.807) is 19.2 Å². The topological polar surface area (TPSA) is 83.3 Å². The number of nitrogens with one attached hydrogen (secondary N) is 2. The second kappa shape index (κ2) is 8.77. The minimum atomic E-state index is -0.0539. The van der Waals surface area contributed by atoms with Gasteiger partial charge in [0.15, 0.2) is 5.82 Å². The molecule has 2 aromatic rings. The van der Waals surface area contributed by atoms with E-state index in [-0.39, 0.29) is 24.4 Å². The first-order valence-electron chi connectivity index (χ1n) is 7.80. The van der Waals surface area contributed by atoms with Crippen molar-refractivity contribution in [1.29, 1.82) is 0 Å². The summed E-state index contributed by atoms with van der Waals surface area (Å²) in [6.07, 6.45) is 4.09. The van der Waals surface area contributed by atoms with Crippen LogP contribution in [-0.2, 0) is 4.79 Å². The molecule has 1 aliphatic rings. The number of nitrogens with zero attached hydrogens (tertiary/aromatic N) is 3. The number of rotatable bonds is 5. The average molecular weight is 352 g/mol. The predicted octanol–water partition coefficient (Wildman–Crippen LogP) is 1.77. The van der Waals surface area contributed by atoms with Crippen LogP contribution >= 0.6 is 12.4 Å². The van der Waals surface area contributed by atoms with Crippen molar-refractivity contribution >= 4 is 24.1 Å². The Bertz CT molecular complexity index is 649. The molecule has 0 spiro atoms. The van der Waals surface area contributed by atoms with Crippen LogP contribution in [0.5, 0.6) is 0 Å². The normalized spacial score (nSPS) is 18.0. The lowest BCUT2D eigenvalue weighted by atomic mass is 10.1. The highest BCUT2D eigenvalue weighted by Gasteiger charge is 2.24. The Morgan fingerprint density at radius 3 is 3.12 bits per heavy atom. The quantitative estimate of drug-likeness (QED) is 0.854. The summed E-state index contributed by atoms with van der Waals surface area (Å²) in [6, 6.07) is 5.98. The molecule has 3 heterocycles. The Morgan fingerprint density at radius 1 is 1.54 bits per heavy atom. The van der Waals surface area contributed by atoms with Gasteiger partial charge in [0.05, 0.1) is 0 Å². The zero-order chi connectivity index (χ0) is 16.1. The molecule has 7 nitrogen and oxygen atoms in total. The fraction of sp³-hybridized carbons (Fsp3) is 0.438. The first-order chi connectivity index (χ1) is 11.2. The highest BCUT2D eigenvalue weighted by Crippen LogP contribution is 2.21. The molecule has 130 valence electrons. The number of pyridine rings is 1. The van der Waals surface area contributed by atoms with E-state index >= 15 is 0 Å². The van der Waals surface area contributed by atoms with Crippen molar-refractivity contribution in [3.05, 3.63) is 41.9 Å². The molecule has 2 N–H and O–H groups in total. The third-order valence-corrected chi connectivity index (χ3v) is 3.94. The number of carbonyl (C=O) groups excluding carboxylic acids is 1. The summed E-state index contributed by atoms with van der Waals surface area (Å²) < 4.78 is 4.94. The SMILES string of the molecule is Cc1cc(NC(=O)CCN2CCNCC2c2cccnc2)no1.Cl. The molecule has 1 saturated heterocycles. The molecule has 3 rings (SSSR count). The minimum absolute atomic E-state index is 0. The largest absolute Gasteiger partial charge is 0.360 e. The molecule has 0 radical (unpaired) electrons. The maximum absolute atomic E-state index is 12.1. The number of piperazine rings is 1. The predicted molar refractivity (Wildman–Crippen MR) is 93.2 cm³/mol. The lowest BCUT2D eigenvalue weighted by Gasteiger charge is -2.36. The van der Waals surface area contributed by atoms with Crippen LogP contribution < -0.4 is 10.6 Å². The number of hydrogen-bond donors (Lipinski definition) is 2. The van der Waals surface area contributed by atoms with E-state index in [9.17, 15) is 4.79 Å². The average Bonchev–Trinajstić information content (AvgIpc) is 2.99. The summed E-state index contributed by atoms with van der Waals surface area (Å²) >= 11 is 0. The van der Waals surface area contributed by atoms with Gasteiger partial charge in [-0.2, -0.15) is 0 Å². The third-order valence-electron chi connectivity index (χ3n) is 3.94. The van der Waals surface area contributed by atoms with Gasteiger partial charge in [-0.25, -0.2) is 0 Å². The fourth-order valence-corrected chi connectivity index (χ4v) is 2.79. The van der Waals surface area contributed by atoms with Gasteiger partial charge in [-0.15, -0.1) is 12.4 Å². The van der Waals surface area contributed by atoms with Gasteiger partial charge < -0.3 is 15.2 Å². The lowest BCUT2D eigenvalue weighted by molar-refractivity contribution is -0.116. The zero-order valence-corrected chi connectivity index (χ0v) is 14.4. The highest BCUT2D eigenvalue weighted by molar-refractivity contribution is 5.89. The first kappa shape index (κ1) is 18.4. The standard InChI is InChI=1S/C16H21N5O2.ClH/c1-12-9-15(20-23-12)19-16(22)4-7-21-8-6-18-11-14(21)13-3-2-5-17-10-13;/h2-3,5,9-10,14,18H,4,6-8,11H2,1H3,(H,19,20,22);1H. The molecule has 0 aliphatic carbocycles. The molecule has 1 atom stereocenters. The molecular weight excluding hydrogens is 330 g/mol. The highest BCUT2D eigenvalue weighted by atomic mass is 35.5. The summed E-state index contributed by atoms with van der Waals surface area (Å²) in [5, 5.41) is 9.93. The zero-order valence-electron chi connectivity index (χ0n) is 13.6. The van der Waals surface area contributed by atoms with Crippen LogP contribution in [0.2, 0.25) is 0 Å². The van der Waals surface area contributed by atoms with Crippen molar-refractivity contribution in [3.8, 4) is 0 Å². The van der Waals surface area contributed by atoms with Gasteiger partial charge in [-0.05, 0) is 18.6 Å². The van der Waals surface area contributed by atoms with Gasteiger partial charge in [-0.1, -0.05) is 11.2 Å². The Labute approximate surface area is 147 Å². The van der Waals surface area contributed by atoms with E-state index in [2.05, 4.69) is 31.7 Å². The molecule has 0 bridgehead atoms. The van der Waals surface area contributed by atoms with Crippen LogP contribution in [0.1, 0.15) is 23.8 Å². The van der Waals surface area contributed by atoms with Gasteiger partial charge >= 0.3 is 0 Å². The number of anilines is 1. The van der Waals surface area contributed by atoms with Crippen LogP contribution in [-0.4, -0.2) is 47.1 Å². The molecule has 1 amide bonds. The summed E-state index contributed by atoms with van der Waals surface area (Å²) in [7, 11) is 0. The van der Waals surface area contributed by atoms with Crippen LogP contribution in [0.4, 0.5) is 5.82 Å². The summed E-state index contributed by atoms with van der Waals surface area (Å²) in [4.78, 5) is 18.6. The molecule has 1 fully saturated rings. The maximum atomic E-state index is 12.1. The molecule has 2 aromatic heterocycles. The Balaban J connectivity index is 0.00000208. The van der Waals surface area contributed by atoms with Gasteiger partial charge in [0.2, 0.25) is 5.91 Å². The van der Waals surface area contributed by atoms with Crippen molar-refractivity contribution in [1.82, 2.24) is 20.4 Å². The maximum Gasteiger partial charge on any atom is 0.226 e. The lowest BCUT2D eigenvalue weighted by Crippen LogP contribution is -2.46. The van der Waals surface area contributed by atoms with E-state index in [0.717, 1.165) is 19.6 Å². The van der Waals surface area contributed by atoms with Crippen molar-refractivity contribution < 1.29 is 9.32 Å². The van der Waals surface area contributed by atoms with E-state index in [1.807, 2.05) is 12.3 Å². The summed E-state index contributed by atoms with van der Waals surface area (Å²) in [5.74, 6) is 1.09. The molecule has 1 aliphatic heterocycles. The third kappa shape index (κ3) is 4.77. The van der Waals surface area contributed by atoms with E-state index < -0.39 is 0 Å². The van der Waals surface area contributed by atoms with E-state index in [1.165, 1.54) is 5.56 Å². The smallest absolute Gasteiger partial charge is 0.226 e. The Hall–Kier alpha value is -1.96. The van der Waals surface area contributed by atoms with E-state index in [0.29, 0.717) is 24.5 Å². The number of carbonyl (C=O) groups is 1. The number of hydrogen-bond acceptors (Lipinski definition) is 6. The molecular formula is C16H22ClN5O2. The van der Waals surface area contributed by atoms with Crippen LogP contribution in [0.25, 0.3) is 0 Å². The number of aryl methyl sites for hydroxylation is 1. The Morgan fingerprint density at radius 2 is 2.42 bits per heavy atom. The summed E-state index contributed by atoms with van der Waals surface area (Å²) in [6.45, 7) is 5.21. The molecule has 8 heteroatoms. The van der Waals surface area contributed by atoms with Gasteiger partial charge in [0.1, 0.15) is 5.76 Å². The van der Waals surface area contributed by atoms with Crippen molar-refractivity contribution in [3.63, 3.8) is 0 Å². The minimum Gasteiger partial charge on any atom is -0.360 e. The van der Waals surface area contributed by atoms with Gasteiger partial charge in [0.25, 0.3) is 0 Å². The Kier molecular flexibility index (Phi) is 6.72. The number of aromatic nitrogens is 2. The van der Waals surface area contributed by atoms with Gasteiger partial charge in [0, 0.05) is 57.1 Å². The fourth-order valence-electron chi connectivity index (χ4n) is 2.79. The number of halogens is 1. The van der Waals surface area contributed by atoms with Crippen LogP contribution in [0, 0.1) is 6.92 Å². The molecule has 1 unspecified atom stereocenters. The van der Waals surface area contributed by atoms with Crippen LogP contribution in [0.3, 0.4) is 0 Å². The van der Waals surface area contributed by atoms with E-state index in [4.69, 9.17) is 4.52 Å². The molecule has 24 heavy (non-hydrogen) atoms. The van der Waals surface area contributed by atoms with Crippen molar-refractivity contribution in [2.75, 3.05) is 31.5 Å². The first-order valence-corrected chi connectivity index (χ1v) is 7.80.